The van der Waals surface area contributed by atoms with Crippen LogP contribution in [0.5, 0.6) is 0 Å². The first-order valence-electron chi connectivity index (χ1n) is 9.74. The van der Waals surface area contributed by atoms with Gasteiger partial charge in [0.05, 0.1) is 6.33 Å². The minimum atomic E-state index is -1.34. The third-order valence-corrected chi connectivity index (χ3v) is 6.37. The van der Waals surface area contributed by atoms with Crippen molar-refractivity contribution in [1.29, 1.82) is 0 Å². The Morgan fingerprint density at radius 1 is 1.28 bits per heavy atom. The van der Waals surface area contributed by atoms with Crippen LogP contribution in [0.3, 0.4) is 0 Å². The molecule has 1 saturated heterocycles. The zero-order valence-electron chi connectivity index (χ0n) is 15.5. The van der Waals surface area contributed by atoms with Gasteiger partial charge in [-0.15, -0.1) is 10.1 Å². The minimum Gasteiger partial charge on any atom is -0.387 e. The lowest BCUT2D eigenvalue weighted by atomic mass is 9.95. The van der Waals surface area contributed by atoms with E-state index < -0.39 is 36.2 Å². The first-order chi connectivity index (χ1) is 14.0. The summed E-state index contributed by atoms with van der Waals surface area (Å²) in [5.74, 6) is 2.08. The zero-order valence-corrected chi connectivity index (χ0v) is 15.5. The Morgan fingerprint density at radius 2 is 2.14 bits per heavy atom. The van der Waals surface area contributed by atoms with Gasteiger partial charge in [0, 0.05) is 6.04 Å². The molecule has 1 aliphatic heterocycles. The summed E-state index contributed by atoms with van der Waals surface area (Å²) in [5.41, 5.74) is 0.989. The van der Waals surface area contributed by atoms with Crippen LogP contribution in [0.15, 0.2) is 12.7 Å². The summed E-state index contributed by atoms with van der Waals surface area (Å²) < 4.78 is 7.12. The second kappa shape index (κ2) is 7.04. The summed E-state index contributed by atoms with van der Waals surface area (Å²) in [6.07, 6.45) is 3.10. The Balaban J connectivity index is 1.38. The van der Waals surface area contributed by atoms with Gasteiger partial charge in [0.15, 0.2) is 23.2 Å². The number of fused-ring (bicyclic) bond motifs is 3. The van der Waals surface area contributed by atoms with E-state index in [9.17, 15) is 20.3 Å². The predicted octanol–water partition coefficient (Wildman–Crippen LogP) is 0.254. The number of rotatable bonds is 6. The summed E-state index contributed by atoms with van der Waals surface area (Å²) in [4.78, 5) is 27.7. The molecule has 0 spiro atoms. The van der Waals surface area contributed by atoms with Crippen LogP contribution in [0, 0.1) is 22.0 Å². The van der Waals surface area contributed by atoms with Gasteiger partial charge in [0.25, 0.3) is 5.09 Å². The molecule has 0 aromatic carbocycles. The van der Waals surface area contributed by atoms with Crippen molar-refractivity contribution in [3.63, 3.8) is 0 Å². The summed E-state index contributed by atoms with van der Waals surface area (Å²) in [7, 11) is 0. The van der Waals surface area contributed by atoms with E-state index in [1.165, 1.54) is 36.5 Å². The van der Waals surface area contributed by atoms with Gasteiger partial charge in [-0.05, 0) is 31.1 Å². The maximum absolute atomic E-state index is 10.4. The average molecular weight is 406 g/mol. The molecule has 7 atom stereocenters. The first-order valence-corrected chi connectivity index (χ1v) is 9.74. The highest BCUT2D eigenvalue weighted by atomic mass is 17.0. The van der Waals surface area contributed by atoms with Gasteiger partial charge in [-0.1, -0.05) is 6.42 Å². The van der Waals surface area contributed by atoms with Gasteiger partial charge in [-0.25, -0.2) is 15.0 Å². The minimum absolute atomic E-state index is 0.371. The zero-order chi connectivity index (χ0) is 20.1. The molecule has 12 nitrogen and oxygen atoms in total. The maximum Gasteiger partial charge on any atom is 0.294 e. The molecule has 29 heavy (non-hydrogen) atoms. The SMILES string of the molecule is O=[N+]([O-])OC[C@H]1O[C@@H](n2cnc3c(NC4CC5CCC4C5)ncnc32)C(O)C1O. The van der Waals surface area contributed by atoms with Gasteiger partial charge in [-0.2, -0.15) is 0 Å². The van der Waals surface area contributed by atoms with Crippen LogP contribution in [0.25, 0.3) is 11.2 Å². The number of nitrogens with zero attached hydrogens (tertiary/aromatic N) is 5. The fraction of sp³-hybridized carbons (Fsp3) is 0.706. The number of aliphatic hydroxyl groups is 2. The normalized spacial score (nSPS) is 36.0. The van der Waals surface area contributed by atoms with Crippen molar-refractivity contribution in [3.05, 3.63) is 22.8 Å². The Labute approximate surface area is 165 Å². The highest BCUT2D eigenvalue weighted by molar-refractivity contribution is 5.82. The van der Waals surface area contributed by atoms with Gasteiger partial charge in [0.2, 0.25) is 0 Å². The van der Waals surface area contributed by atoms with Crippen molar-refractivity contribution in [2.24, 2.45) is 11.8 Å². The predicted molar refractivity (Wildman–Crippen MR) is 97.1 cm³/mol. The lowest BCUT2D eigenvalue weighted by Crippen LogP contribution is -2.34. The van der Waals surface area contributed by atoms with Crippen LogP contribution in [0.2, 0.25) is 0 Å². The van der Waals surface area contributed by atoms with E-state index in [-0.39, 0.29) is 0 Å². The van der Waals surface area contributed by atoms with Crippen molar-refractivity contribution in [3.8, 4) is 0 Å². The van der Waals surface area contributed by atoms with Crippen molar-refractivity contribution >= 4 is 17.0 Å². The highest BCUT2D eigenvalue weighted by Crippen LogP contribution is 2.45. The molecular formula is C17H22N6O6. The standard InChI is InChI=1S/C17H22N6O6/c24-13-11(5-28-23(26)27)29-17(14(13)25)22-7-20-12-15(18-6-19-16(12)22)21-10-4-8-1-2-9(10)3-8/h6-11,13-14,17,24-25H,1-5H2,(H,18,19,21)/t8?,9?,10?,11-,13?,14?,17-/m1/s1. The third-order valence-electron chi connectivity index (χ3n) is 6.37. The molecular weight excluding hydrogens is 384 g/mol. The topological polar surface area (TPSA) is 158 Å². The molecule has 3 aliphatic rings. The Hall–Kier alpha value is -2.57. The molecule has 0 radical (unpaired) electrons. The smallest absolute Gasteiger partial charge is 0.294 e. The largest absolute Gasteiger partial charge is 0.387 e. The monoisotopic (exact) mass is 406 g/mol. The molecule has 2 aliphatic carbocycles. The molecule has 2 aromatic heterocycles. The van der Waals surface area contributed by atoms with Gasteiger partial charge in [0.1, 0.15) is 31.2 Å². The van der Waals surface area contributed by atoms with Gasteiger partial charge >= 0.3 is 0 Å². The Kier molecular flexibility index (Phi) is 4.48. The van der Waals surface area contributed by atoms with Crippen LogP contribution < -0.4 is 5.32 Å². The van der Waals surface area contributed by atoms with E-state index in [0.29, 0.717) is 28.9 Å². The van der Waals surface area contributed by atoms with Crippen molar-refractivity contribution in [1.82, 2.24) is 19.5 Å². The van der Waals surface area contributed by atoms with Gasteiger partial charge in [-0.3, -0.25) is 4.57 Å². The van der Waals surface area contributed by atoms with E-state index in [0.717, 1.165) is 12.3 Å². The van der Waals surface area contributed by atoms with Crippen LogP contribution in [-0.2, 0) is 9.57 Å². The molecule has 12 heteroatoms. The van der Waals surface area contributed by atoms with E-state index in [2.05, 4.69) is 25.1 Å². The number of imidazole rings is 1. The average Bonchev–Trinajstić information content (AvgIpc) is 3.46. The highest BCUT2D eigenvalue weighted by Gasteiger charge is 2.45. The third kappa shape index (κ3) is 3.16. The summed E-state index contributed by atoms with van der Waals surface area (Å²) in [5, 5.41) is 33.5. The van der Waals surface area contributed by atoms with Crippen LogP contribution >= 0.6 is 0 Å². The number of anilines is 1. The molecule has 2 saturated carbocycles. The number of aromatic nitrogens is 4. The van der Waals surface area contributed by atoms with Crippen molar-refractivity contribution in [2.45, 2.75) is 56.3 Å². The number of ether oxygens (including phenoxy) is 1. The molecule has 5 unspecified atom stereocenters. The fourth-order valence-corrected chi connectivity index (χ4v) is 4.97. The van der Waals surface area contributed by atoms with Crippen LogP contribution in [-0.4, -0.2) is 65.8 Å². The van der Waals surface area contributed by atoms with Crippen molar-refractivity contribution in [2.75, 3.05) is 11.9 Å². The molecule has 0 amide bonds. The lowest BCUT2D eigenvalue weighted by molar-refractivity contribution is -0.759. The van der Waals surface area contributed by atoms with Crippen LogP contribution in [0.1, 0.15) is 31.9 Å². The number of hydrogen-bond donors (Lipinski definition) is 3. The molecule has 3 fully saturated rings. The number of hydrogen-bond acceptors (Lipinski definition) is 10. The number of aliphatic hydroxyl groups excluding tert-OH is 2. The van der Waals surface area contributed by atoms with E-state index in [1.54, 1.807) is 0 Å². The summed E-state index contributed by atoms with van der Waals surface area (Å²) >= 11 is 0. The molecule has 2 aromatic rings. The van der Waals surface area contributed by atoms with E-state index in [1.807, 2.05) is 0 Å². The second-order valence-electron chi connectivity index (χ2n) is 8.04. The quantitative estimate of drug-likeness (QED) is 0.448. The Morgan fingerprint density at radius 3 is 2.86 bits per heavy atom. The Bertz CT molecular complexity index is 923. The number of nitrogens with one attached hydrogen (secondary N) is 1. The summed E-state index contributed by atoms with van der Waals surface area (Å²) in [6.45, 7) is -0.486. The van der Waals surface area contributed by atoms with E-state index >= 15 is 0 Å². The molecule has 5 rings (SSSR count). The lowest BCUT2D eigenvalue weighted by Gasteiger charge is -2.23. The van der Waals surface area contributed by atoms with E-state index in [4.69, 9.17) is 4.74 Å². The molecule has 3 heterocycles. The molecule has 156 valence electrons. The fourth-order valence-electron chi connectivity index (χ4n) is 4.97. The maximum atomic E-state index is 10.4. The van der Waals surface area contributed by atoms with Gasteiger partial charge < -0.3 is 25.1 Å². The second-order valence-corrected chi connectivity index (χ2v) is 8.04. The molecule has 2 bridgehead atoms. The van der Waals surface area contributed by atoms with Crippen LogP contribution in [0.4, 0.5) is 5.82 Å². The molecule has 3 N–H and O–H groups in total. The summed E-state index contributed by atoms with van der Waals surface area (Å²) in [6, 6.07) is 0.371. The van der Waals surface area contributed by atoms with Crippen molar-refractivity contribution < 1.29 is 24.9 Å². The first kappa shape index (κ1) is 18.5.